The summed E-state index contributed by atoms with van der Waals surface area (Å²) in [6.45, 7) is 1.25. The zero-order valence-corrected chi connectivity index (χ0v) is 20.8. The average molecular weight is 509 g/mol. The molecule has 0 radical (unpaired) electrons. The van der Waals surface area contributed by atoms with Crippen molar-refractivity contribution in [2.75, 3.05) is 33.3 Å². The quantitative estimate of drug-likeness (QED) is 0.168. The average Bonchev–Trinajstić information content (AvgIpc) is 3.16. The highest BCUT2D eigenvalue weighted by molar-refractivity contribution is 6.01. The second-order valence-corrected chi connectivity index (χ2v) is 8.28. The molecule has 0 saturated carbocycles. The van der Waals surface area contributed by atoms with E-state index in [1.807, 2.05) is 0 Å². The summed E-state index contributed by atoms with van der Waals surface area (Å²) in [5.74, 6) is 0.411. The Hall–Kier alpha value is -3.62. The molecular weight excluding hydrogens is 472 g/mol. The zero-order chi connectivity index (χ0) is 26.8. The van der Waals surface area contributed by atoms with Crippen LogP contribution in [0.25, 0.3) is 0 Å². The molecule has 0 spiro atoms. The van der Waals surface area contributed by atoms with Crippen molar-refractivity contribution >= 4 is 35.7 Å². The number of hydrogen-bond donors (Lipinski definition) is 2. The Labute approximate surface area is 211 Å². The fourth-order valence-electron chi connectivity index (χ4n) is 3.20. The Balaban J connectivity index is 1.99. The van der Waals surface area contributed by atoms with Gasteiger partial charge in [-0.15, -0.1) is 11.5 Å². The molecule has 0 aromatic heterocycles. The smallest absolute Gasteiger partial charge is 0.407 e. The number of ether oxygens (including phenoxy) is 1. The Morgan fingerprint density at radius 1 is 0.944 bits per heavy atom. The maximum atomic E-state index is 12.2. The molecule has 5 amide bonds. The van der Waals surface area contributed by atoms with Crippen molar-refractivity contribution in [1.29, 1.82) is 0 Å². The highest BCUT2D eigenvalue weighted by Crippen LogP contribution is 2.13. The summed E-state index contributed by atoms with van der Waals surface area (Å²) in [7, 11) is 1.65. The second-order valence-electron chi connectivity index (χ2n) is 8.28. The SMILES string of the molecule is C#CCNC(=O)CCCCCNC(=O)OCCCN(C)C(=O)CCCCC(=O)ON1C(=O)CCC1=O. The van der Waals surface area contributed by atoms with E-state index in [-0.39, 0.29) is 50.6 Å². The first kappa shape index (κ1) is 30.4. The summed E-state index contributed by atoms with van der Waals surface area (Å²) >= 11 is 0. The van der Waals surface area contributed by atoms with E-state index in [0.717, 1.165) is 12.8 Å². The summed E-state index contributed by atoms with van der Waals surface area (Å²) in [5, 5.41) is 5.74. The number of nitrogens with zero attached hydrogens (tertiary/aromatic N) is 2. The molecule has 2 N–H and O–H groups in total. The lowest BCUT2D eigenvalue weighted by Gasteiger charge is -2.17. The van der Waals surface area contributed by atoms with Gasteiger partial charge in [-0.25, -0.2) is 9.59 Å². The topological polar surface area (TPSA) is 151 Å². The summed E-state index contributed by atoms with van der Waals surface area (Å²) in [5.41, 5.74) is 0. The van der Waals surface area contributed by atoms with E-state index in [9.17, 15) is 28.8 Å². The number of hydroxylamine groups is 2. The van der Waals surface area contributed by atoms with Crippen molar-refractivity contribution in [3.8, 4) is 12.3 Å². The van der Waals surface area contributed by atoms with E-state index >= 15 is 0 Å². The molecule has 0 bridgehead atoms. The molecule has 0 aromatic rings. The first-order valence-electron chi connectivity index (χ1n) is 12.2. The molecule has 36 heavy (non-hydrogen) atoms. The van der Waals surface area contributed by atoms with Gasteiger partial charge >= 0.3 is 12.1 Å². The van der Waals surface area contributed by atoms with Crippen LogP contribution in [0.3, 0.4) is 0 Å². The van der Waals surface area contributed by atoms with Crippen LogP contribution in [0.4, 0.5) is 4.79 Å². The molecule has 200 valence electrons. The Kier molecular flexibility index (Phi) is 15.0. The van der Waals surface area contributed by atoms with Gasteiger partial charge in [0.1, 0.15) is 0 Å². The van der Waals surface area contributed by atoms with Gasteiger partial charge in [-0.3, -0.25) is 19.2 Å². The first-order chi connectivity index (χ1) is 17.2. The number of imide groups is 1. The van der Waals surface area contributed by atoms with Gasteiger partial charge in [0.2, 0.25) is 11.8 Å². The van der Waals surface area contributed by atoms with Gasteiger partial charge in [0, 0.05) is 52.2 Å². The lowest BCUT2D eigenvalue weighted by atomic mass is 10.2. The lowest BCUT2D eigenvalue weighted by Crippen LogP contribution is -2.32. The number of alkyl carbamates (subject to hydrolysis) is 1. The molecule has 0 unspecified atom stereocenters. The molecule has 0 atom stereocenters. The number of nitrogens with one attached hydrogen (secondary N) is 2. The molecule has 1 rings (SSSR count). The van der Waals surface area contributed by atoms with E-state index < -0.39 is 23.9 Å². The molecule has 0 aliphatic carbocycles. The van der Waals surface area contributed by atoms with Crippen LogP contribution in [-0.2, 0) is 33.5 Å². The molecular formula is C24H36N4O8. The van der Waals surface area contributed by atoms with Gasteiger partial charge in [0.15, 0.2) is 0 Å². The van der Waals surface area contributed by atoms with Crippen LogP contribution in [0.5, 0.6) is 0 Å². The highest BCUT2D eigenvalue weighted by atomic mass is 16.7. The van der Waals surface area contributed by atoms with E-state index in [1.54, 1.807) is 7.05 Å². The third-order valence-electron chi connectivity index (χ3n) is 5.25. The monoisotopic (exact) mass is 508 g/mol. The summed E-state index contributed by atoms with van der Waals surface area (Å²) in [4.78, 5) is 76.1. The van der Waals surface area contributed by atoms with Crippen molar-refractivity contribution in [2.24, 2.45) is 0 Å². The standard InChI is InChI=1S/C24H36N4O8/c1-3-15-25-19(29)10-5-4-8-16-26-24(34)35-18-9-17-27(2)20(30)11-6-7-12-23(33)36-28-21(31)13-14-22(28)32/h1H,4-18H2,2H3,(H,25,29)(H,26,34). The number of unbranched alkanes of at least 4 members (excludes halogenated alkanes) is 3. The Morgan fingerprint density at radius 3 is 2.31 bits per heavy atom. The number of carbonyl (C=O) groups excluding carboxylic acids is 6. The van der Waals surface area contributed by atoms with Crippen LogP contribution in [0.2, 0.25) is 0 Å². The minimum Gasteiger partial charge on any atom is -0.449 e. The maximum Gasteiger partial charge on any atom is 0.407 e. The predicted molar refractivity (Wildman–Crippen MR) is 128 cm³/mol. The summed E-state index contributed by atoms with van der Waals surface area (Å²) in [6, 6.07) is 0. The van der Waals surface area contributed by atoms with Gasteiger partial charge in [0.05, 0.1) is 13.2 Å². The van der Waals surface area contributed by atoms with Crippen LogP contribution in [0, 0.1) is 12.3 Å². The maximum absolute atomic E-state index is 12.2. The molecule has 12 nitrogen and oxygen atoms in total. The number of carbonyl (C=O) groups is 6. The molecule has 1 saturated heterocycles. The lowest BCUT2D eigenvalue weighted by molar-refractivity contribution is -0.197. The van der Waals surface area contributed by atoms with Crippen LogP contribution in [0.15, 0.2) is 0 Å². The minimum atomic E-state index is -0.682. The van der Waals surface area contributed by atoms with Gasteiger partial charge in [0.25, 0.3) is 11.8 Å². The normalized spacial score (nSPS) is 12.6. The fourth-order valence-corrected chi connectivity index (χ4v) is 3.20. The number of hydrogen-bond acceptors (Lipinski definition) is 8. The van der Waals surface area contributed by atoms with Crippen molar-refractivity contribution in [3.05, 3.63) is 0 Å². The van der Waals surface area contributed by atoms with E-state index in [0.29, 0.717) is 50.3 Å². The summed E-state index contributed by atoms with van der Waals surface area (Å²) in [6.07, 6.45) is 8.78. The van der Waals surface area contributed by atoms with E-state index in [1.165, 1.54) is 4.90 Å². The van der Waals surface area contributed by atoms with Crippen LogP contribution in [0.1, 0.15) is 70.6 Å². The third-order valence-corrected chi connectivity index (χ3v) is 5.25. The zero-order valence-electron chi connectivity index (χ0n) is 20.8. The Morgan fingerprint density at radius 2 is 1.61 bits per heavy atom. The number of amides is 5. The Bertz CT molecular complexity index is 807. The van der Waals surface area contributed by atoms with Crippen LogP contribution < -0.4 is 10.6 Å². The summed E-state index contributed by atoms with van der Waals surface area (Å²) < 4.78 is 5.08. The molecule has 12 heteroatoms. The number of rotatable bonds is 17. The highest BCUT2D eigenvalue weighted by Gasteiger charge is 2.32. The molecule has 1 heterocycles. The molecule has 1 fully saturated rings. The van der Waals surface area contributed by atoms with Gasteiger partial charge in [-0.05, 0) is 32.1 Å². The van der Waals surface area contributed by atoms with Gasteiger partial charge in [-0.1, -0.05) is 12.3 Å². The van der Waals surface area contributed by atoms with E-state index in [4.69, 9.17) is 16.0 Å². The fraction of sp³-hybridized carbons (Fsp3) is 0.667. The van der Waals surface area contributed by atoms with Crippen molar-refractivity contribution in [3.63, 3.8) is 0 Å². The number of terminal acetylenes is 1. The van der Waals surface area contributed by atoms with Gasteiger partial charge < -0.3 is 25.1 Å². The van der Waals surface area contributed by atoms with Crippen molar-refractivity contribution in [2.45, 2.75) is 70.6 Å². The largest absolute Gasteiger partial charge is 0.449 e. The predicted octanol–water partition coefficient (Wildman–Crippen LogP) is 1.04. The van der Waals surface area contributed by atoms with Crippen LogP contribution in [-0.4, -0.2) is 78.9 Å². The van der Waals surface area contributed by atoms with Crippen molar-refractivity contribution < 1.29 is 38.3 Å². The van der Waals surface area contributed by atoms with E-state index in [2.05, 4.69) is 16.6 Å². The van der Waals surface area contributed by atoms with Gasteiger partial charge in [-0.2, -0.15) is 0 Å². The van der Waals surface area contributed by atoms with Crippen LogP contribution >= 0.6 is 0 Å². The second kappa shape index (κ2) is 17.8. The third kappa shape index (κ3) is 13.3. The molecule has 1 aliphatic heterocycles. The molecule has 1 aliphatic rings. The molecule has 0 aromatic carbocycles. The minimum absolute atomic E-state index is 0.00115. The van der Waals surface area contributed by atoms with Crippen molar-refractivity contribution in [1.82, 2.24) is 20.6 Å². The first-order valence-corrected chi connectivity index (χ1v) is 12.2.